The minimum Gasteiger partial charge on any atom is -0.399 e. The van der Waals surface area contributed by atoms with Gasteiger partial charge >= 0.3 is 0 Å². The Kier molecular flexibility index (Phi) is 5.99. The van der Waals surface area contributed by atoms with Crippen molar-refractivity contribution < 1.29 is 4.74 Å². The summed E-state index contributed by atoms with van der Waals surface area (Å²) in [4.78, 5) is 2.41. The highest BCUT2D eigenvalue weighted by molar-refractivity contribution is 5.58. The van der Waals surface area contributed by atoms with Crippen molar-refractivity contribution in [3.63, 3.8) is 0 Å². The van der Waals surface area contributed by atoms with E-state index in [9.17, 15) is 0 Å². The third-order valence-corrected chi connectivity index (χ3v) is 3.34. The fourth-order valence-corrected chi connectivity index (χ4v) is 2.40. The Morgan fingerprint density at radius 1 is 1.22 bits per heavy atom. The zero-order valence-electron chi connectivity index (χ0n) is 12.1. The predicted molar refractivity (Wildman–Crippen MR) is 79.2 cm³/mol. The maximum Gasteiger partial charge on any atom is 0.0637 e. The summed E-state index contributed by atoms with van der Waals surface area (Å²) in [5, 5.41) is 0. The molecule has 0 aliphatic rings. The molecular formula is C15H26N2O. The van der Waals surface area contributed by atoms with Crippen LogP contribution in [-0.2, 0) is 4.74 Å². The van der Waals surface area contributed by atoms with E-state index >= 15 is 0 Å². The highest BCUT2D eigenvalue weighted by Gasteiger charge is 2.16. The van der Waals surface area contributed by atoms with Crippen LogP contribution < -0.4 is 10.6 Å². The van der Waals surface area contributed by atoms with E-state index in [1.807, 2.05) is 6.07 Å². The number of benzene rings is 1. The van der Waals surface area contributed by atoms with Crippen LogP contribution in [-0.4, -0.2) is 26.3 Å². The molecule has 0 bridgehead atoms. The van der Waals surface area contributed by atoms with E-state index in [-0.39, 0.29) is 0 Å². The van der Waals surface area contributed by atoms with Crippen molar-refractivity contribution in [3.8, 4) is 0 Å². The fourth-order valence-electron chi connectivity index (χ4n) is 2.40. The van der Waals surface area contributed by atoms with Crippen molar-refractivity contribution in [2.45, 2.75) is 39.7 Å². The molecule has 0 amide bonds. The summed E-state index contributed by atoms with van der Waals surface area (Å²) in [5.74, 6) is 0. The molecular weight excluding hydrogens is 224 g/mol. The predicted octanol–water partition coefficient (Wildman–Crippen LogP) is 3.22. The topological polar surface area (TPSA) is 38.5 Å². The summed E-state index contributed by atoms with van der Waals surface area (Å²) in [7, 11) is 1.75. The third-order valence-electron chi connectivity index (χ3n) is 3.34. The number of methoxy groups -OCH3 is 1. The second-order valence-electron chi connectivity index (χ2n) is 4.76. The van der Waals surface area contributed by atoms with Gasteiger partial charge in [0.2, 0.25) is 0 Å². The standard InChI is InChI=1S/C15H26N2O/c1-5-14(6-2)17(7-8-18-4)15-10-12(3)9-13(16)11-15/h9-11,14H,5-8,16H2,1-4H3. The minimum absolute atomic E-state index is 0.543. The van der Waals surface area contributed by atoms with Crippen LogP contribution in [0.25, 0.3) is 0 Å². The molecule has 1 aromatic rings. The molecule has 0 saturated carbocycles. The number of aryl methyl sites for hydroxylation is 1. The molecule has 0 spiro atoms. The summed E-state index contributed by atoms with van der Waals surface area (Å²) >= 11 is 0. The van der Waals surface area contributed by atoms with Crippen molar-refractivity contribution >= 4 is 11.4 Å². The summed E-state index contributed by atoms with van der Waals surface area (Å²) in [6.07, 6.45) is 2.27. The van der Waals surface area contributed by atoms with Gasteiger partial charge in [0.25, 0.3) is 0 Å². The normalized spacial score (nSPS) is 10.9. The first-order chi connectivity index (χ1) is 8.62. The lowest BCUT2D eigenvalue weighted by Crippen LogP contribution is -2.37. The van der Waals surface area contributed by atoms with Crippen LogP contribution in [0.4, 0.5) is 11.4 Å². The van der Waals surface area contributed by atoms with Crippen LogP contribution in [0.3, 0.4) is 0 Å². The Morgan fingerprint density at radius 3 is 2.39 bits per heavy atom. The first-order valence-corrected chi connectivity index (χ1v) is 6.75. The van der Waals surface area contributed by atoms with Gasteiger partial charge in [-0.1, -0.05) is 13.8 Å². The molecule has 0 atom stereocenters. The largest absolute Gasteiger partial charge is 0.399 e. The van der Waals surface area contributed by atoms with Crippen molar-refractivity contribution in [2.75, 3.05) is 30.9 Å². The van der Waals surface area contributed by atoms with Gasteiger partial charge in [0.1, 0.15) is 0 Å². The molecule has 102 valence electrons. The van der Waals surface area contributed by atoms with Crippen molar-refractivity contribution in [1.29, 1.82) is 0 Å². The molecule has 0 radical (unpaired) electrons. The van der Waals surface area contributed by atoms with E-state index in [1.54, 1.807) is 7.11 Å². The first kappa shape index (κ1) is 14.8. The molecule has 0 aliphatic heterocycles. The van der Waals surface area contributed by atoms with E-state index in [4.69, 9.17) is 10.5 Å². The number of nitrogens with zero attached hydrogens (tertiary/aromatic N) is 1. The Balaban J connectivity index is 2.99. The fraction of sp³-hybridized carbons (Fsp3) is 0.600. The molecule has 0 fully saturated rings. The second-order valence-corrected chi connectivity index (χ2v) is 4.76. The van der Waals surface area contributed by atoms with Gasteiger partial charge in [-0.2, -0.15) is 0 Å². The highest BCUT2D eigenvalue weighted by Crippen LogP contribution is 2.24. The summed E-state index contributed by atoms with van der Waals surface area (Å²) in [5.41, 5.74) is 9.20. The van der Waals surface area contributed by atoms with Crippen LogP contribution in [0.15, 0.2) is 18.2 Å². The summed E-state index contributed by atoms with van der Waals surface area (Å²) in [6.45, 7) is 8.19. The Morgan fingerprint density at radius 2 is 1.89 bits per heavy atom. The second kappa shape index (κ2) is 7.27. The molecule has 1 rings (SSSR count). The number of rotatable bonds is 7. The minimum atomic E-state index is 0.543. The first-order valence-electron chi connectivity index (χ1n) is 6.75. The van der Waals surface area contributed by atoms with E-state index in [1.165, 1.54) is 11.3 Å². The molecule has 1 aromatic carbocycles. The third kappa shape index (κ3) is 3.91. The van der Waals surface area contributed by atoms with Crippen LogP contribution in [0.5, 0.6) is 0 Å². The monoisotopic (exact) mass is 250 g/mol. The SMILES string of the molecule is CCC(CC)N(CCOC)c1cc(C)cc(N)c1. The van der Waals surface area contributed by atoms with E-state index in [0.29, 0.717) is 6.04 Å². The van der Waals surface area contributed by atoms with Gasteiger partial charge in [-0.15, -0.1) is 0 Å². The lowest BCUT2D eigenvalue weighted by Gasteiger charge is -2.33. The maximum atomic E-state index is 5.95. The molecule has 18 heavy (non-hydrogen) atoms. The molecule has 0 heterocycles. The van der Waals surface area contributed by atoms with Crippen molar-refractivity contribution in [2.24, 2.45) is 0 Å². The van der Waals surface area contributed by atoms with E-state index in [0.717, 1.165) is 31.7 Å². The van der Waals surface area contributed by atoms with E-state index < -0.39 is 0 Å². The lowest BCUT2D eigenvalue weighted by atomic mass is 10.1. The van der Waals surface area contributed by atoms with Gasteiger partial charge in [-0.25, -0.2) is 0 Å². The smallest absolute Gasteiger partial charge is 0.0637 e. The Bertz CT molecular complexity index is 341. The summed E-state index contributed by atoms with van der Waals surface area (Å²) in [6, 6.07) is 6.80. The lowest BCUT2D eigenvalue weighted by molar-refractivity contribution is 0.202. The number of anilines is 2. The summed E-state index contributed by atoms with van der Waals surface area (Å²) < 4.78 is 5.22. The number of hydrogen-bond acceptors (Lipinski definition) is 3. The number of hydrogen-bond donors (Lipinski definition) is 1. The zero-order chi connectivity index (χ0) is 13.5. The van der Waals surface area contributed by atoms with Gasteiger partial charge in [0.15, 0.2) is 0 Å². The van der Waals surface area contributed by atoms with Crippen molar-refractivity contribution in [3.05, 3.63) is 23.8 Å². The maximum absolute atomic E-state index is 5.95. The zero-order valence-corrected chi connectivity index (χ0v) is 12.1. The van der Waals surface area contributed by atoms with Crippen molar-refractivity contribution in [1.82, 2.24) is 0 Å². The highest BCUT2D eigenvalue weighted by atomic mass is 16.5. The number of ether oxygens (including phenoxy) is 1. The van der Waals surface area contributed by atoms with Crippen LogP contribution in [0.2, 0.25) is 0 Å². The Hall–Kier alpha value is -1.22. The van der Waals surface area contributed by atoms with Gasteiger partial charge in [0, 0.05) is 31.1 Å². The van der Waals surface area contributed by atoms with Crippen LogP contribution in [0, 0.1) is 6.92 Å². The average Bonchev–Trinajstić information content (AvgIpc) is 2.33. The molecule has 0 aromatic heterocycles. The number of nitrogens with two attached hydrogens (primary N) is 1. The number of nitrogen functional groups attached to an aromatic ring is 1. The molecule has 0 aliphatic carbocycles. The molecule has 3 heteroatoms. The molecule has 0 unspecified atom stereocenters. The molecule has 3 nitrogen and oxygen atoms in total. The molecule has 0 saturated heterocycles. The molecule has 2 N–H and O–H groups in total. The van der Waals surface area contributed by atoms with Gasteiger partial charge < -0.3 is 15.4 Å². The van der Waals surface area contributed by atoms with Gasteiger partial charge in [-0.3, -0.25) is 0 Å². The van der Waals surface area contributed by atoms with Crippen LogP contribution in [0.1, 0.15) is 32.3 Å². The van der Waals surface area contributed by atoms with Crippen LogP contribution >= 0.6 is 0 Å². The Labute approximate surface area is 111 Å². The van der Waals surface area contributed by atoms with Gasteiger partial charge in [-0.05, 0) is 43.5 Å². The van der Waals surface area contributed by atoms with Gasteiger partial charge in [0.05, 0.1) is 6.61 Å². The quantitative estimate of drug-likeness (QED) is 0.755. The van der Waals surface area contributed by atoms with E-state index in [2.05, 4.69) is 37.8 Å². The average molecular weight is 250 g/mol.